The highest BCUT2D eigenvalue weighted by molar-refractivity contribution is 5.53. The number of hydrogen-bond acceptors (Lipinski definition) is 5. The largest absolute Gasteiger partial charge is 0.375 e. The van der Waals surface area contributed by atoms with Crippen LogP contribution in [0.25, 0.3) is 0 Å². The molecule has 7 nitrogen and oxygen atoms in total. The molecule has 1 heterocycles. The fourth-order valence-corrected chi connectivity index (χ4v) is 1.47. The highest BCUT2D eigenvalue weighted by atomic mass is 16.6. The van der Waals surface area contributed by atoms with Crippen molar-refractivity contribution in [1.29, 1.82) is 0 Å². The van der Waals surface area contributed by atoms with E-state index in [9.17, 15) is 14.9 Å². The van der Waals surface area contributed by atoms with Crippen molar-refractivity contribution in [2.75, 3.05) is 5.32 Å². The average Bonchev–Trinajstić information content (AvgIpc) is 2.37. The van der Waals surface area contributed by atoms with E-state index in [2.05, 4.69) is 15.3 Å². The molecule has 0 unspecified atom stereocenters. The molecule has 0 aliphatic rings. The first kappa shape index (κ1) is 11.8. The molecule has 2 aromatic rings. The second-order valence-corrected chi connectivity index (χ2v) is 3.53. The van der Waals surface area contributed by atoms with Gasteiger partial charge < -0.3 is 10.3 Å². The molecule has 0 saturated heterocycles. The van der Waals surface area contributed by atoms with E-state index in [1.807, 2.05) is 30.3 Å². The molecule has 0 amide bonds. The fourth-order valence-electron chi connectivity index (χ4n) is 1.47. The van der Waals surface area contributed by atoms with Gasteiger partial charge in [-0.15, -0.1) is 0 Å². The lowest BCUT2D eigenvalue weighted by Gasteiger charge is -2.04. The molecule has 1 aromatic heterocycles. The molecule has 0 radical (unpaired) electrons. The van der Waals surface area contributed by atoms with Gasteiger partial charge in [0.25, 0.3) is 0 Å². The molecule has 2 rings (SSSR count). The molecule has 0 aliphatic heterocycles. The van der Waals surface area contributed by atoms with Crippen LogP contribution in [0.4, 0.5) is 11.5 Å². The highest BCUT2D eigenvalue weighted by Crippen LogP contribution is 2.15. The van der Waals surface area contributed by atoms with Crippen LogP contribution in [0.2, 0.25) is 0 Å². The number of benzene rings is 1. The summed E-state index contributed by atoms with van der Waals surface area (Å²) in [5, 5.41) is 13.5. The van der Waals surface area contributed by atoms with Crippen LogP contribution in [0.15, 0.2) is 41.5 Å². The van der Waals surface area contributed by atoms with Gasteiger partial charge >= 0.3 is 11.2 Å². The summed E-state index contributed by atoms with van der Waals surface area (Å²) in [4.78, 5) is 27.3. The number of rotatable bonds is 4. The molecule has 0 fully saturated rings. The smallest absolute Gasteiger partial charge is 0.360 e. The van der Waals surface area contributed by atoms with Crippen LogP contribution >= 0.6 is 0 Å². The molecular weight excluding hydrogens is 236 g/mol. The number of H-pyrrole nitrogens is 1. The zero-order valence-electron chi connectivity index (χ0n) is 9.29. The molecule has 2 N–H and O–H groups in total. The summed E-state index contributed by atoms with van der Waals surface area (Å²) in [7, 11) is 0. The molecule has 0 atom stereocenters. The number of aromatic amines is 1. The van der Waals surface area contributed by atoms with E-state index in [1.54, 1.807) is 0 Å². The van der Waals surface area contributed by atoms with Crippen LogP contribution in [0, 0.1) is 10.1 Å². The zero-order valence-corrected chi connectivity index (χ0v) is 9.29. The van der Waals surface area contributed by atoms with Gasteiger partial charge in [0.2, 0.25) is 5.82 Å². The van der Waals surface area contributed by atoms with Crippen LogP contribution in [0.3, 0.4) is 0 Å². The number of anilines is 1. The Morgan fingerprint density at radius 3 is 2.72 bits per heavy atom. The van der Waals surface area contributed by atoms with Crippen molar-refractivity contribution in [3.8, 4) is 0 Å². The number of nitrogens with one attached hydrogen (secondary N) is 2. The monoisotopic (exact) mass is 246 g/mol. The van der Waals surface area contributed by atoms with Gasteiger partial charge in [0.15, 0.2) is 0 Å². The summed E-state index contributed by atoms with van der Waals surface area (Å²) in [6.07, 6.45) is 1.13. The van der Waals surface area contributed by atoms with E-state index in [0.29, 0.717) is 6.54 Å². The van der Waals surface area contributed by atoms with E-state index in [0.717, 1.165) is 11.9 Å². The van der Waals surface area contributed by atoms with E-state index >= 15 is 0 Å². The summed E-state index contributed by atoms with van der Waals surface area (Å²) in [5.41, 5.74) is -0.409. The number of nitro groups is 1. The Morgan fingerprint density at radius 1 is 1.33 bits per heavy atom. The Bertz CT molecular complexity index is 609. The summed E-state index contributed by atoms with van der Waals surface area (Å²) in [5.74, 6) is -0.0346. The molecule has 1 aromatic carbocycles. The topological polar surface area (TPSA) is 101 Å². The highest BCUT2D eigenvalue weighted by Gasteiger charge is 2.19. The second-order valence-electron chi connectivity index (χ2n) is 3.53. The van der Waals surface area contributed by atoms with Gasteiger partial charge in [-0.1, -0.05) is 30.3 Å². The third kappa shape index (κ3) is 2.51. The molecule has 18 heavy (non-hydrogen) atoms. The average molecular weight is 246 g/mol. The van der Waals surface area contributed by atoms with Crippen LogP contribution in [-0.2, 0) is 6.54 Å². The molecule has 7 heteroatoms. The van der Waals surface area contributed by atoms with Crippen LogP contribution < -0.4 is 10.9 Å². The van der Waals surface area contributed by atoms with Crippen molar-refractivity contribution in [1.82, 2.24) is 9.97 Å². The summed E-state index contributed by atoms with van der Waals surface area (Å²) in [6.45, 7) is 0.359. The van der Waals surface area contributed by atoms with Gasteiger partial charge in [0, 0.05) is 6.54 Å². The first-order chi connectivity index (χ1) is 8.68. The SMILES string of the molecule is O=c1[nH]cnc(NCc2ccccc2)c1[N+](=O)[O-]. The van der Waals surface area contributed by atoms with Crippen molar-refractivity contribution >= 4 is 11.5 Å². The summed E-state index contributed by atoms with van der Waals surface area (Å²) >= 11 is 0. The van der Waals surface area contributed by atoms with Crippen molar-refractivity contribution in [3.05, 3.63) is 62.7 Å². The first-order valence-corrected chi connectivity index (χ1v) is 5.18. The van der Waals surface area contributed by atoms with Crippen molar-refractivity contribution < 1.29 is 4.92 Å². The maximum absolute atomic E-state index is 11.3. The Hall–Kier alpha value is -2.70. The molecule has 0 bridgehead atoms. The van der Waals surface area contributed by atoms with Crippen molar-refractivity contribution in [2.24, 2.45) is 0 Å². The molecule has 92 valence electrons. The van der Waals surface area contributed by atoms with Crippen LogP contribution in [0.5, 0.6) is 0 Å². The molecule has 0 aliphatic carbocycles. The van der Waals surface area contributed by atoms with Gasteiger partial charge in [-0.25, -0.2) is 4.98 Å². The molecular formula is C11H10N4O3. The maximum Gasteiger partial charge on any atom is 0.375 e. The Labute approximate surface area is 102 Å². The minimum Gasteiger partial charge on any atom is -0.360 e. The fraction of sp³-hybridized carbons (Fsp3) is 0.0909. The van der Waals surface area contributed by atoms with Crippen molar-refractivity contribution in [3.63, 3.8) is 0 Å². The lowest BCUT2D eigenvalue weighted by atomic mass is 10.2. The first-order valence-electron chi connectivity index (χ1n) is 5.18. The standard InChI is InChI=1S/C11H10N4O3/c16-11-9(15(17)18)10(13-7-14-11)12-6-8-4-2-1-3-5-8/h1-5,7H,6H2,(H2,12,13,14,16). The Kier molecular flexibility index (Phi) is 3.33. The van der Waals surface area contributed by atoms with Gasteiger partial charge in [0.1, 0.15) is 0 Å². The van der Waals surface area contributed by atoms with Gasteiger partial charge in [-0.05, 0) is 5.56 Å². The predicted molar refractivity (Wildman–Crippen MR) is 65.3 cm³/mol. The number of nitrogens with zero attached hydrogens (tertiary/aromatic N) is 2. The van der Waals surface area contributed by atoms with Gasteiger partial charge in [-0.2, -0.15) is 0 Å². The Morgan fingerprint density at radius 2 is 2.06 bits per heavy atom. The second kappa shape index (κ2) is 5.09. The maximum atomic E-state index is 11.3. The minimum atomic E-state index is -0.773. The van der Waals surface area contributed by atoms with Crippen LogP contribution in [-0.4, -0.2) is 14.9 Å². The van der Waals surface area contributed by atoms with E-state index in [1.165, 1.54) is 0 Å². The lowest BCUT2D eigenvalue weighted by Crippen LogP contribution is -2.16. The van der Waals surface area contributed by atoms with Crippen molar-refractivity contribution in [2.45, 2.75) is 6.54 Å². The van der Waals surface area contributed by atoms with Crippen LogP contribution in [0.1, 0.15) is 5.56 Å². The van der Waals surface area contributed by atoms with E-state index < -0.39 is 16.2 Å². The number of aromatic nitrogens is 2. The van der Waals surface area contributed by atoms with E-state index in [-0.39, 0.29) is 5.82 Å². The molecule has 0 saturated carbocycles. The third-order valence-corrected chi connectivity index (χ3v) is 2.31. The summed E-state index contributed by atoms with van der Waals surface area (Å²) < 4.78 is 0. The van der Waals surface area contributed by atoms with Gasteiger partial charge in [0.05, 0.1) is 11.3 Å². The van der Waals surface area contributed by atoms with E-state index in [4.69, 9.17) is 0 Å². The predicted octanol–water partition coefficient (Wildman–Crippen LogP) is 1.29. The normalized spacial score (nSPS) is 10.0. The third-order valence-electron chi connectivity index (χ3n) is 2.31. The summed E-state index contributed by atoms with van der Waals surface area (Å²) in [6, 6.07) is 9.32. The quantitative estimate of drug-likeness (QED) is 0.625. The molecule has 0 spiro atoms. The minimum absolute atomic E-state index is 0.0346. The van der Waals surface area contributed by atoms with Gasteiger partial charge in [-0.3, -0.25) is 14.9 Å². The zero-order chi connectivity index (χ0) is 13.0. The Balaban J connectivity index is 2.22. The number of hydrogen-bond donors (Lipinski definition) is 2. The lowest BCUT2D eigenvalue weighted by molar-refractivity contribution is -0.385.